The summed E-state index contributed by atoms with van der Waals surface area (Å²) in [6.45, 7) is 0. The van der Waals surface area contributed by atoms with E-state index in [4.69, 9.17) is 23.2 Å². The van der Waals surface area contributed by atoms with Gasteiger partial charge >= 0.3 is 11.4 Å². The van der Waals surface area contributed by atoms with Gasteiger partial charge in [0.15, 0.2) is 5.02 Å². The predicted octanol–water partition coefficient (Wildman–Crippen LogP) is 6.03. The highest BCUT2D eigenvalue weighted by molar-refractivity contribution is 9.11. The van der Waals surface area contributed by atoms with E-state index < -0.39 is 21.2 Å². The molecule has 2 aromatic heterocycles. The van der Waals surface area contributed by atoms with E-state index >= 15 is 0 Å². The fraction of sp³-hybridized carbons (Fsp3) is 0. The number of rotatable bonds is 2. The number of halogens is 4. The molecule has 0 atom stereocenters. The summed E-state index contributed by atoms with van der Waals surface area (Å²) in [4.78, 5) is 19.9. The summed E-state index contributed by atoms with van der Waals surface area (Å²) >= 11 is 19.8. The molecule has 0 saturated carbocycles. The maximum atomic E-state index is 10.8. The minimum atomic E-state index is -0.913. The average molecular weight is 589 g/mol. The lowest BCUT2D eigenvalue weighted by atomic mass is 10.2. The first-order valence-corrected chi connectivity index (χ1v) is 10.5. The summed E-state index contributed by atoms with van der Waals surface area (Å²) in [5.74, 6) is 0. The van der Waals surface area contributed by atoms with Crippen molar-refractivity contribution in [3.8, 4) is 0 Å². The molecule has 0 aliphatic heterocycles. The van der Waals surface area contributed by atoms with Crippen molar-refractivity contribution in [1.29, 1.82) is 0 Å². The van der Waals surface area contributed by atoms with Crippen LogP contribution in [0.3, 0.4) is 0 Å². The van der Waals surface area contributed by atoms with Crippen LogP contribution >= 0.6 is 78.5 Å². The molecule has 0 amide bonds. The molecule has 0 bridgehead atoms. The highest BCUT2D eigenvalue weighted by Gasteiger charge is 2.36. The number of hydrogen-bond donors (Lipinski definition) is 0. The number of fused-ring (bicyclic) bond motifs is 2. The molecule has 10 nitrogen and oxygen atoms in total. The summed E-state index contributed by atoms with van der Waals surface area (Å²) in [6, 6.07) is 3.67. The zero-order valence-corrected chi connectivity index (χ0v) is 19.1. The Morgan fingerprint density at radius 3 is 1.93 bits per heavy atom. The first-order chi connectivity index (χ1) is 13.2. The Morgan fingerprint density at radius 1 is 0.821 bits per heavy atom. The number of benzene rings is 2. The number of nitrogens with zero attached hydrogens (tertiary/aromatic N) is 6. The number of nitro benzene ring substituents is 2. The summed E-state index contributed by atoms with van der Waals surface area (Å²) in [5, 5.41) is 21.9. The molecule has 0 fully saturated rings. The van der Waals surface area contributed by atoms with Crippen molar-refractivity contribution in [2.24, 2.45) is 0 Å². The summed E-state index contributed by atoms with van der Waals surface area (Å²) < 4.78 is 16.5. The van der Waals surface area contributed by atoms with E-state index in [0.717, 1.165) is 27.2 Å². The highest BCUT2D eigenvalue weighted by Crippen LogP contribution is 2.45. The SMILES string of the molecule is Clc1ccc(Br)c2nsnc12.O=[N+]([O-])c1c([N+](=O)[O-])c(Br)c2nsnc2c1Cl. The predicted molar refractivity (Wildman–Crippen MR) is 114 cm³/mol. The molecule has 2 aromatic carbocycles. The minimum Gasteiger partial charge on any atom is -0.258 e. The van der Waals surface area contributed by atoms with Gasteiger partial charge in [0.1, 0.15) is 26.5 Å². The lowest BCUT2D eigenvalue weighted by Crippen LogP contribution is -1.99. The van der Waals surface area contributed by atoms with Crippen LogP contribution in [0.15, 0.2) is 21.1 Å². The van der Waals surface area contributed by atoms with Crippen molar-refractivity contribution in [2.45, 2.75) is 0 Å². The van der Waals surface area contributed by atoms with Gasteiger partial charge in [0.25, 0.3) is 0 Å². The topological polar surface area (TPSA) is 138 Å². The van der Waals surface area contributed by atoms with Crippen molar-refractivity contribution in [1.82, 2.24) is 17.5 Å². The molecule has 2 heterocycles. The molecule has 0 unspecified atom stereocenters. The van der Waals surface area contributed by atoms with Crippen LogP contribution in [-0.4, -0.2) is 27.3 Å². The Balaban J connectivity index is 0.000000176. The zero-order chi connectivity index (χ0) is 20.6. The van der Waals surface area contributed by atoms with Crippen molar-refractivity contribution in [2.75, 3.05) is 0 Å². The van der Waals surface area contributed by atoms with Crippen molar-refractivity contribution in [3.05, 3.63) is 51.4 Å². The Hall–Kier alpha value is -1.58. The molecular formula is C12H2Br2Cl2N6O4S2. The Kier molecular flexibility index (Phi) is 6.36. The summed E-state index contributed by atoms with van der Waals surface area (Å²) in [7, 11) is 0. The van der Waals surface area contributed by atoms with Crippen LogP contribution in [0.25, 0.3) is 22.1 Å². The van der Waals surface area contributed by atoms with E-state index in [1.807, 2.05) is 6.07 Å². The van der Waals surface area contributed by atoms with Gasteiger partial charge in [-0.3, -0.25) is 20.2 Å². The maximum Gasteiger partial charge on any atom is 0.368 e. The third kappa shape index (κ3) is 3.79. The van der Waals surface area contributed by atoms with Gasteiger partial charge in [-0.2, -0.15) is 17.5 Å². The molecule has 0 N–H and O–H groups in total. The average Bonchev–Trinajstić information content (AvgIpc) is 3.31. The fourth-order valence-corrected chi connectivity index (χ4v) is 5.02. The van der Waals surface area contributed by atoms with Gasteiger partial charge in [-0.15, -0.1) is 0 Å². The molecule has 0 spiro atoms. The normalized spacial score (nSPS) is 10.7. The van der Waals surface area contributed by atoms with E-state index in [0.29, 0.717) is 5.02 Å². The number of nitro groups is 2. The fourth-order valence-electron chi connectivity index (χ4n) is 2.05. The summed E-state index contributed by atoms with van der Waals surface area (Å²) in [5.41, 5.74) is 0.302. The van der Waals surface area contributed by atoms with Gasteiger partial charge in [0.2, 0.25) is 0 Å². The van der Waals surface area contributed by atoms with Crippen LogP contribution in [0.1, 0.15) is 0 Å². The van der Waals surface area contributed by atoms with Gasteiger partial charge in [-0.1, -0.05) is 23.2 Å². The second-order valence-corrected chi connectivity index (χ2v) is 8.28. The standard InChI is InChI=1S/C6BrClN4O4S.C6H2BrClN2S/c7-1-3-4(10-17-9-3)2(8)6(12(15)16)5(1)11(13)14;7-3-1-2-4(8)6-5(3)9-11-10-6/h;1-2H. The van der Waals surface area contributed by atoms with E-state index in [9.17, 15) is 20.2 Å². The second kappa shape index (κ2) is 8.42. The van der Waals surface area contributed by atoms with E-state index in [1.165, 1.54) is 11.7 Å². The molecule has 4 aromatic rings. The molecule has 0 aliphatic rings. The van der Waals surface area contributed by atoms with Crippen LogP contribution in [0.5, 0.6) is 0 Å². The van der Waals surface area contributed by atoms with Gasteiger partial charge < -0.3 is 0 Å². The number of aromatic nitrogens is 4. The molecule has 0 saturated heterocycles. The Bertz CT molecular complexity index is 1160. The molecule has 144 valence electrons. The third-order valence-electron chi connectivity index (χ3n) is 3.23. The highest BCUT2D eigenvalue weighted by atomic mass is 79.9. The second-order valence-electron chi connectivity index (χ2n) is 4.79. The minimum absolute atomic E-state index is 0.0702. The Morgan fingerprint density at radius 2 is 1.36 bits per heavy atom. The number of hydrogen-bond acceptors (Lipinski definition) is 10. The zero-order valence-electron chi connectivity index (χ0n) is 12.8. The van der Waals surface area contributed by atoms with Crippen molar-refractivity contribution in [3.63, 3.8) is 0 Å². The molecular weight excluding hydrogens is 587 g/mol. The monoisotopic (exact) mass is 586 g/mol. The van der Waals surface area contributed by atoms with Gasteiger partial charge in [-0.05, 0) is 44.0 Å². The van der Waals surface area contributed by atoms with Gasteiger partial charge in [0, 0.05) is 4.47 Å². The van der Waals surface area contributed by atoms with E-state index in [1.54, 1.807) is 6.07 Å². The van der Waals surface area contributed by atoms with Gasteiger partial charge in [0.05, 0.1) is 38.3 Å². The van der Waals surface area contributed by atoms with Crippen LogP contribution < -0.4 is 0 Å². The summed E-state index contributed by atoms with van der Waals surface area (Å²) in [6.07, 6.45) is 0. The lowest BCUT2D eigenvalue weighted by molar-refractivity contribution is -0.422. The molecule has 4 rings (SSSR count). The molecule has 28 heavy (non-hydrogen) atoms. The molecule has 0 aliphatic carbocycles. The Labute approximate surface area is 189 Å². The first-order valence-electron chi connectivity index (χ1n) is 6.72. The largest absolute Gasteiger partial charge is 0.368 e. The lowest BCUT2D eigenvalue weighted by Gasteiger charge is -2.00. The first kappa shape index (κ1) is 21.1. The van der Waals surface area contributed by atoms with Gasteiger partial charge in [-0.25, -0.2) is 0 Å². The van der Waals surface area contributed by atoms with Crippen molar-refractivity contribution < 1.29 is 9.85 Å². The smallest absolute Gasteiger partial charge is 0.258 e. The third-order valence-corrected chi connectivity index (χ3v) is 6.34. The van der Waals surface area contributed by atoms with E-state index in [2.05, 4.69) is 49.4 Å². The van der Waals surface area contributed by atoms with Crippen molar-refractivity contribution >= 4 is 112 Å². The van der Waals surface area contributed by atoms with E-state index in [-0.39, 0.29) is 20.5 Å². The molecule has 0 radical (unpaired) electrons. The van der Waals surface area contributed by atoms with Crippen LogP contribution in [0.2, 0.25) is 10.0 Å². The van der Waals surface area contributed by atoms with Crippen LogP contribution in [-0.2, 0) is 0 Å². The van der Waals surface area contributed by atoms with Crippen LogP contribution in [0.4, 0.5) is 11.4 Å². The molecule has 16 heteroatoms. The maximum absolute atomic E-state index is 10.8. The quantitative estimate of drug-likeness (QED) is 0.204. The van der Waals surface area contributed by atoms with Crippen LogP contribution in [0, 0.1) is 20.2 Å².